The molecule has 0 bridgehead atoms. The molecule has 0 atom stereocenters. The van der Waals surface area contributed by atoms with E-state index in [1.54, 1.807) is 35.9 Å². The largest absolute Gasteiger partial charge is 0.390 e. The Labute approximate surface area is 136 Å². The van der Waals surface area contributed by atoms with E-state index >= 15 is 0 Å². The lowest BCUT2D eigenvalue weighted by atomic mass is 10.0. The number of nitrogens with one attached hydrogen (secondary N) is 1. The number of halogens is 1. The number of oxime groups is 1. The van der Waals surface area contributed by atoms with E-state index in [-0.39, 0.29) is 12.2 Å². The van der Waals surface area contributed by atoms with Crippen LogP contribution >= 0.6 is 22.6 Å². The summed E-state index contributed by atoms with van der Waals surface area (Å²) in [5.41, 5.74) is 1.08. The summed E-state index contributed by atoms with van der Waals surface area (Å²) in [4.78, 5) is 16.9. The van der Waals surface area contributed by atoms with Crippen molar-refractivity contribution >= 4 is 48.0 Å². The van der Waals surface area contributed by atoms with Crippen LogP contribution in [0.3, 0.4) is 0 Å². The van der Waals surface area contributed by atoms with Crippen molar-refractivity contribution in [1.82, 2.24) is 4.72 Å². The molecule has 0 heterocycles. The third kappa shape index (κ3) is 6.23. The van der Waals surface area contributed by atoms with Crippen LogP contribution in [0.5, 0.6) is 0 Å². The van der Waals surface area contributed by atoms with Gasteiger partial charge in [0.1, 0.15) is 10.3 Å². The van der Waals surface area contributed by atoms with E-state index < -0.39 is 16.1 Å². The first-order valence-corrected chi connectivity index (χ1v) is 8.27. The minimum Gasteiger partial charge on any atom is -0.390 e. The Morgan fingerprint density at radius 3 is 2.67 bits per heavy atom. The molecule has 1 rings (SSSR count). The van der Waals surface area contributed by atoms with Gasteiger partial charge >= 0.3 is 0 Å². The molecular weight excluding hydrogens is 409 g/mol. The van der Waals surface area contributed by atoms with Gasteiger partial charge in [0.25, 0.3) is 16.1 Å². The zero-order valence-corrected chi connectivity index (χ0v) is 14.1. The molecule has 114 valence electrons. The molecule has 0 spiro atoms. The van der Waals surface area contributed by atoms with Gasteiger partial charge in [-0.3, -0.25) is 4.79 Å². The van der Waals surface area contributed by atoms with Crippen molar-refractivity contribution in [2.24, 2.45) is 10.3 Å². The molecule has 0 saturated carbocycles. The van der Waals surface area contributed by atoms with Crippen LogP contribution in [-0.4, -0.2) is 18.0 Å². The van der Waals surface area contributed by atoms with Gasteiger partial charge < -0.3 is 4.84 Å². The Kier molecular flexibility index (Phi) is 6.30. The predicted octanol–water partition coefficient (Wildman–Crippen LogP) is 1.30. The SMILES string of the molecule is C=C(C(=O)NS(N)(=O)=O)c1ccccc1CO/N=C(\C)I. The van der Waals surface area contributed by atoms with Gasteiger partial charge in [0.2, 0.25) is 0 Å². The molecule has 1 aromatic rings. The Balaban J connectivity index is 2.94. The zero-order valence-electron chi connectivity index (χ0n) is 11.2. The Bertz CT molecular complexity index is 681. The molecule has 3 N–H and O–H groups in total. The second-order valence-electron chi connectivity index (χ2n) is 3.97. The number of nitrogens with zero attached hydrogens (tertiary/aromatic N) is 1. The van der Waals surface area contributed by atoms with E-state index in [0.717, 1.165) is 3.72 Å². The number of carbonyl (C=O) groups excluding carboxylic acids is 1. The van der Waals surface area contributed by atoms with E-state index in [1.807, 2.05) is 22.6 Å². The molecule has 0 fully saturated rings. The summed E-state index contributed by atoms with van der Waals surface area (Å²) in [5, 5.41) is 8.54. The summed E-state index contributed by atoms with van der Waals surface area (Å²) in [7, 11) is -4.13. The number of nitrogens with two attached hydrogens (primary N) is 1. The van der Waals surface area contributed by atoms with Gasteiger partial charge in [0.15, 0.2) is 0 Å². The number of benzene rings is 1. The van der Waals surface area contributed by atoms with Crippen LogP contribution in [0.15, 0.2) is 36.0 Å². The lowest BCUT2D eigenvalue weighted by molar-refractivity contribution is -0.114. The van der Waals surface area contributed by atoms with Gasteiger partial charge in [0, 0.05) is 5.57 Å². The highest BCUT2D eigenvalue weighted by Crippen LogP contribution is 2.19. The fourth-order valence-electron chi connectivity index (χ4n) is 1.44. The minimum absolute atomic E-state index is 0.0293. The van der Waals surface area contributed by atoms with Gasteiger partial charge in [-0.25, -0.2) is 9.86 Å². The average Bonchev–Trinajstić information content (AvgIpc) is 2.36. The van der Waals surface area contributed by atoms with Crippen molar-refractivity contribution < 1.29 is 18.0 Å². The maximum atomic E-state index is 11.8. The summed E-state index contributed by atoms with van der Waals surface area (Å²) < 4.78 is 24.1. The quantitative estimate of drug-likeness (QED) is 0.311. The lowest BCUT2D eigenvalue weighted by Gasteiger charge is -2.10. The highest BCUT2D eigenvalue weighted by molar-refractivity contribution is 14.1. The maximum Gasteiger partial charge on any atom is 0.298 e. The Hall–Kier alpha value is -1.46. The fourth-order valence-corrected chi connectivity index (χ4v) is 1.97. The van der Waals surface area contributed by atoms with Gasteiger partial charge in [-0.05, 0) is 40.6 Å². The first kappa shape index (κ1) is 17.6. The summed E-state index contributed by atoms with van der Waals surface area (Å²) in [6, 6.07) is 6.81. The molecular formula is C12H14IN3O4S. The Morgan fingerprint density at radius 1 is 1.48 bits per heavy atom. The molecule has 0 aliphatic heterocycles. The van der Waals surface area contributed by atoms with Gasteiger partial charge in [-0.1, -0.05) is 36.0 Å². The third-order valence-corrected chi connectivity index (χ3v) is 2.93. The van der Waals surface area contributed by atoms with Crippen LogP contribution in [0.2, 0.25) is 0 Å². The molecule has 1 amide bonds. The molecule has 0 aliphatic carbocycles. The molecule has 9 heteroatoms. The van der Waals surface area contributed by atoms with Crippen molar-refractivity contribution in [1.29, 1.82) is 0 Å². The number of carbonyl (C=O) groups is 1. The average molecular weight is 423 g/mol. The topological polar surface area (TPSA) is 111 Å². The number of amides is 1. The van der Waals surface area contributed by atoms with E-state index in [2.05, 4.69) is 11.7 Å². The first-order valence-electron chi connectivity index (χ1n) is 5.65. The minimum atomic E-state index is -4.13. The van der Waals surface area contributed by atoms with Crippen LogP contribution in [0.25, 0.3) is 5.57 Å². The summed E-state index contributed by atoms with van der Waals surface area (Å²) >= 11 is 2.00. The maximum absolute atomic E-state index is 11.8. The summed E-state index contributed by atoms with van der Waals surface area (Å²) in [6.07, 6.45) is 0. The molecule has 0 saturated heterocycles. The van der Waals surface area contributed by atoms with Crippen molar-refractivity contribution in [3.05, 3.63) is 42.0 Å². The van der Waals surface area contributed by atoms with E-state index in [1.165, 1.54) is 0 Å². The fraction of sp³-hybridized carbons (Fsp3) is 0.167. The van der Waals surface area contributed by atoms with Crippen LogP contribution in [0.4, 0.5) is 0 Å². The second-order valence-corrected chi connectivity index (χ2v) is 6.83. The summed E-state index contributed by atoms with van der Waals surface area (Å²) in [6.45, 7) is 5.48. The van der Waals surface area contributed by atoms with E-state index in [0.29, 0.717) is 11.1 Å². The van der Waals surface area contributed by atoms with Crippen molar-refractivity contribution in [2.75, 3.05) is 0 Å². The molecule has 21 heavy (non-hydrogen) atoms. The molecule has 7 nitrogen and oxygen atoms in total. The van der Waals surface area contributed by atoms with Crippen molar-refractivity contribution in [3.63, 3.8) is 0 Å². The summed E-state index contributed by atoms with van der Waals surface area (Å²) in [5.74, 6) is -0.890. The second kappa shape index (κ2) is 7.52. The molecule has 0 aliphatic rings. The zero-order chi connectivity index (χ0) is 16.0. The highest BCUT2D eigenvalue weighted by Gasteiger charge is 2.16. The van der Waals surface area contributed by atoms with Crippen LogP contribution in [0, 0.1) is 0 Å². The first-order chi connectivity index (χ1) is 9.70. The predicted molar refractivity (Wildman–Crippen MR) is 88.6 cm³/mol. The van der Waals surface area contributed by atoms with Crippen LogP contribution < -0.4 is 9.86 Å². The van der Waals surface area contributed by atoms with Crippen LogP contribution in [0.1, 0.15) is 18.1 Å². The normalized spacial score (nSPS) is 11.9. The van der Waals surface area contributed by atoms with E-state index in [4.69, 9.17) is 9.98 Å². The standard InChI is InChI=1S/C12H14IN3O4S/c1-8(12(17)16-21(14,18)19)11-6-4-3-5-10(11)7-20-15-9(2)13/h3-6H,1,7H2,2H3,(H,16,17)(H2,14,18,19)/b15-9+. The molecule has 0 radical (unpaired) electrons. The smallest absolute Gasteiger partial charge is 0.298 e. The van der Waals surface area contributed by atoms with Gasteiger partial charge in [0.05, 0.1) is 0 Å². The van der Waals surface area contributed by atoms with Crippen molar-refractivity contribution in [2.45, 2.75) is 13.5 Å². The van der Waals surface area contributed by atoms with Gasteiger partial charge in [-0.15, -0.1) is 0 Å². The third-order valence-electron chi connectivity index (χ3n) is 2.26. The molecule has 0 aromatic heterocycles. The monoisotopic (exact) mass is 423 g/mol. The highest BCUT2D eigenvalue weighted by atomic mass is 127. The Morgan fingerprint density at radius 2 is 2.10 bits per heavy atom. The lowest BCUT2D eigenvalue weighted by Crippen LogP contribution is -2.36. The number of rotatable bonds is 6. The van der Waals surface area contributed by atoms with Crippen LogP contribution in [-0.2, 0) is 26.4 Å². The molecule has 0 unspecified atom stereocenters. The van der Waals surface area contributed by atoms with E-state index in [9.17, 15) is 13.2 Å². The van der Waals surface area contributed by atoms with Crippen molar-refractivity contribution in [3.8, 4) is 0 Å². The number of hydrogen-bond acceptors (Lipinski definition) is 5. The molecule has 1 aromatic carbocycles. The number of hydrogen-bond donors (Lipinski definition) is 2. The van der Waals surface area contributed by atoms with Gasteiger partial charge in [-0.2, -0.15) is 8.42 Å².